The number of nitrogens with zero attached hydrogens (tertiary/aromatic N) is 1. The molecule has 0 aliphatic heterocycles. The van der Waals surface area contributed by atoms with Crippen molar-refractivity contribution in [3.05, 3.63) is 101 Å². The van der Waals surface area contributed by atoms with Gasteiger partial charge in [-0.25, -0.2) is 0 Å². The van der Waals surface area contributed by atoms with Crippen molar-refractivity contribution in [3.63, 3.8) is 0 Å². The Morgan fingerprint density at radius 2 is 1.41 bits per heavy atom. The number of hydrogen-bond donors (Lipinski definition) is 2. The molecule has 0 fully saturated rings. The molecule has 0 aliphatic rings. The van der Waals surface area contributed by atoms with Crippen LogP contribution in [0.25, 0.3) is 0 Å². The Kier molecular flexibility index (Phi) is 8.17. The van der Waals surface area contributed by atoms with Crippen molar-refractivity contribution >= 4 is 17.5 Å². The van der Waals surface area contributed by atoms with E-state index in [0.717, 1.165) is 30.8 Å². The average Bonchev–Trinajstić information content (AvgIpc) is 2.82. The normalized spacial score (nSPS) is 10.8. The number of nitrogens with one attached hydrogen (secondary N) is 2. The van der Waals surface area contributed by atoms with E-state index in [1.165, 1.54) is 5.56 Å². The van der Waals surface area contributed by atoms with Crippen LogP contribution in [-0.2, 0) is 13.1 Å². The summed E-state index contributed by atoms with van der Waals surface area (Å²) in [7, 11) is 0. The molecule has 0 spiro atoms. The van der Waals surface area contributed by atoms with Gasteiger partial charge in [0, 0.05) is 29.9 Å². The quantitative estimate of drug-likeness (QED) is 0.502. The highest BCUT2D eigenvalue weighted by molar-refractivity contribution is 6.04. The Morgan fingerprint density at radius 1 is 0.781 bits per heavy atom. The smallest absolute Gasteiger partial charge is 0.255 e. The standard InChI is InChI=1S/C27H31N3O2/c1-4-30(5-2)19-21-11-15-23(16-12-21)26(31)28-18-22-7-6-8-25(17-22)29-27(32)24-13-9-20(3)10-14-24/h6-17H,4-5,18-19H2,1-3H3,(H,28,31)(H,29,32). The summed E-state index contributed by atoms with van der Waals surface area (Å²) in [5, 5.41) is 5.87. The first-order chi connectivity index (χ1) is 15.5. The maximum atomic E-state index is 12.5. The number of carbonyl (C=O) groups excluding carboxylic acids is 2. The molecular weight excluding hydrogens is 398 g/mol. The zero-order chi connectivity index (χ0) is 22.9. The van der Waals surface area contributed by atoms with Gasteiger partial charge in [-0.05, 0) is 67.5 Å². The molecular formula is C27H31N3O2. The number of rotatable bonds is 9. The van der Waals surface area contributed by atoms with Crippen molar-refractivity contribution in [1.29, 1.82) is 0 Å². The third-order valence-corrected chi connectivity index (χ3v) is 5.47. The molecule has 2 N–H and O–H groups in total. The molecule has 2 amide bonds. The molecule has 0 saturated carbocycles. The molecule has 0 atom stereocenters. The minimum Gasteiger partial charge on any atom is -0.348 e. The maximum Gasteiger partial charge on any atom is 0.255 e. The van der Waals surface area contributed by atoms with E-state index >= 15 is 0 Å². The highest BCUT2D eigenvalue weighted by Gasteiger charge is 2.09. The van der Waals surface area contributed by atoms with Crippen molar-refractivity contribution < 1.29 is 9.59 Å². The highest BCUT2D eigenvalue weighted by atomic mass is 16.2. The van der Waals surface area contributed by atoms with Crippen LogP contribution in [0.3, 0.4) is 0 Å². The summed E-state index contributed by atoms with van der Waals surface area (Å²) in [5.41, 5.74) is 5.16. The Morgan fingerprint density at radius 3 is 2.06 bits per heavy atom. The van der Waals surface area contributed by atoms with Crippen LogP contribution in [0.4, 0.5) is 5.69 Å². The monoisotopic (exact) mass is 429 g/mol. The Balaban J connectivity index is 1.56. The first kappa shape index (κ1) is 23.2. The topological polar surface area (TPSA) is 61.4 Å². The molecule has 0 radical (unpaired) electrons. The van der Waals surface area contributed by atoms with Gasteiger partial charge in [-0.1, -0.05) is 55.8 Å². The minimum absolute atomic E-state index is 0.117. The van der Waals surface area contributed by atoms with Crippen molar-refractivity contribution in [3.8, 4) is 0 Å². The van der Waals surface area contributed by atoms with Gasteiger partial charge in [-0.3, -0.25) is 14.5 Å². The van der Waals surface area contributed by atoms with Gasteiger partial charge in [-0.15, -0.1) is 0 Å². The Labute approximate surface area is 190 Å². The lowest BCUT2D eigenvalue weighted by Crippen LogP contribution is -2.23. The predicted molar refractivity (Wildman–Crippen MR) is 130 cm³/mol. The fourth-order valence-corrected chi connectivity index (χ4v) is 3.42. The third-order valence-electron chi connectivity index (χ3n) is 5.47. The van der Waals surface area contributed by atoms with Gasteiger partial charge in [0.1, 0.15) is 0 Å². The molecule has 0 bridgehead atoms. The van der Waals surface area contributed by atoms with Crippen LogP contribution in [0.5, 0.6) is 0 Å². The summed E-state index contributed by atoms with van der Waals surface area (Å²) < 4.78 is 0. The molecule has 0 unspecified atom stereocenters. The van der Waals surface area contributed by atoms with Gasteiger partial charge in [0.15, 0.2) is 0 Å². The number of hydrogen-bond acceptors (Lipinski definition) is 3. The van der Waals surface area contributed by atoms with Gasteiger partial charge >= 0.3 is 0 Å². The lowest BCUT2D eigenvalue weighted by molar-refractivity contribution is 0.0950. The number of benzene rings is 3. The molecule has 5 heteroatoms. The van der Waals surface area contributed by atoms with Gasteiger partial charge in [0.05, 0.1) is 0 Å². The van der Waals surface area contributed by atoms with E-state index in [4.69, 9.17) is 0 Å². The molecule has 3 aromatic carbocycles. The number of carbonyl (C=O) groups is 2. The van der Waals surface area contributed by atoms with E-state index in [2.05, 4.69) is 29.4 Å². The summed E-state index contributed by atoms with van der Waals surface area (Å²) in [6.45, 7) is 9.56. The Bertz CT molecular complexity index is 1040. The third kappa shape index (κ3) is 6.53. The van der Waals surface area contributed by atoms with Gasteiger partial charge in [-0.2, -0.15) is 0 Å². The van der Waals surface area contributed by atoms with E-state index in [1.807, 2.05) is 79.7 Å². The van der Waals surface area contributed by atoms with E-state index in [-0.39, 0.29) is 11.8 Å². The Hall–Kier alpha value is -3.44. The molecule has 32 heavy (non-hydrogen) atoms. The SMILES string of the molecule is CCN(CC)Cc1ccc(C(=O)NCc2cccc(NC(=O)c3ccc(C)cc3)c2)cc1. The second kappa shape index (κ2) is 11.3. The van der Waals surface area contributed by atoms with E-state index in [0.29, 0.717) is 23.4 Å². The highest BCUT2D eigenvalue weighted by Crippen LogP contribution is 2.14. The predicted octanol–water partition coefficient (Wildman–Crippen LogP) is 5.02. The van der Waals surface area contributed by atoms with Crippen molar-refractivity contribution in [2.45, 2.75) is 33.9 Å². The van der Waals surface area contributed by atoms with Gasteiger partial charge in [0.2, 0.25) is 0 Å². The zero-order valence-corrected chi connectivity index (χ0v) is 19.0. The number of aryl methyl sites for hydroxylation is 1. The van der Waals surface area contributed by atoms with Gasteiger partial charge < -0.3 is 10.6 Å². The maximum absolute atomic E-state index is 12.5. The minimum atomic E-state index is -0.156. The van der Waals surface area contributed by atoms with Crippen LogP contribution >= 0.6 is 0 Å². The zero-order valence-electron chi connectivity index (χ0n) is 19.0. The molecule has 3 rings (SSSR count). The molecule has 0 saturated heterocycles. The molecule has 0 aliphatic carbocycles. The number of anilines is 1. The van der Waals surface area contributed by atoms with Crippen molar-refractivity contribution in [2.24, 2.45) is 0 Å². The summed E-state index contributed by atoms with van der Waals surface area (Å²) in [6, 6.07) is 22.7. The first-order valence-corrected chi connectivity index (χ1v) is 11.0. The van der Waals surface area contributed by atoms with Gasteiger partial charge in [0.25, 0.3) is 11.8 Å². The summed E-state index contributed by atoms with van der Waals surface area (Å²) in [4.78, 5) is 27.3. The van der Waals surface area contributed by atoms with Crippen LogP contribution in [0.1, 0.15) is 51.3 Å². The summed E-state index contributed by atoms with van der Waals surface area (Å²) in [6.07, 6.45) is 0. The van der Waals surface area contributed by atoms with E-state index < -0.39 is 0 Å². The van der Waals surface area contributed by atoms with Crippen LogP contribution in [0.15, 0.2) is 72.8 Å². The fraction of sp³-hybridized carbons (Fsp3) is 0.259. The molecule has 0 aromatic heterocycles. The van der Waals surface area contributed by atoms with Crippen LogP contribution in [0.2, 0.25) is 0 Å². The summed E-state index contributed by atoms with van der Waals surface area (Å²) >= 11 is 0. The summed E-state index contributed by atoms with van der Waals surface area (Å²) in [5.74, 6) is -0.274. The van der Waals surface area contributed by atoms with E-state index in [1.54, 1.807) is 0 Å². The molecule has 0 heterocycles. The first-order valence-electron chi connectivity index (χ1n) is 11.0. The number of amides is 2. The average molecular weight is 430 g/mol. The molecule has 5 nitrogen and oxygen atoms in total. The van der Waals surface area contributed by atoms with E-state index in [9.17, 15) is 9.59 Å². The van der Waals surface area contributed by atoms with Crippen LogP contribution in [-0.4, -0.2) is 29.8 Å². The second-order valence-electron chi connectivity index (χ2n) is 7.86. The van der Waals surface area contributed by atoms with Crippen molar-refractivity contribution in [1.82, 2.24) is 10.2 Å². The second-order valence-corrected chi connectivity index (χ2v) is 7.86. The van der Waals surface area contributed by atoms with Crippen molar-refractivity contribution in [2.75, 3.05) is 18.4 Å². The largest absolute Gasteiger partial charge is 0.348 e. The fourth-order valence-electron chi connectivity index (χ4n) is 3.42. The lowest BCUT2D eigenvalue weighted by Gasteiger charge is -2.18. The molecule has 166 valence electrons. The van der Waals surface area contributed by atoms with Crippen LogP contribution < -0.4 is 10.6 Å². The van der Waals surface area contributed by atoms with Crippen LogP contribution in [0, 0.1) is 6.92 Å². The molecule has 3 aromatic rings. The lowest BCUT2D eigenvalue weighted by atomic mass is 10.1.